The van der Waals surface area contributed by atoms with Crippen molar-refractivity contribution in [2.75, 3.05) is 41.3 Å². The van der Waals surface area contributed by atoms with Gasteiger partial charge in [0, 0.05) is 45.4 Å². The van der Waals surface area contributed by atoms with Crippen molar-refractivity contribution >= 4 is 17.7 Å². The summed E-state index contributed by atoms with van der Waals surface area (Å²) in [6.45, 7) is 0.520. The lowest BCUT2D eigenvalue weighted by atomic mass is 9.71. The van der Waals surface area contributed by atoms with Gasteiger partial charge in [-0.15, -0.1) is 10.2 Å². The molecule has 5 rings (SSSR count). The lowest BCUT2D eigenvalue weighted by Crippen LogP contribution is -2.44. The van der Waals surface area contributed by atoms with E-state index < -0.39 is 5.41 Å². The van der Waals surface area contributed by atoms with Crippen LogP contribution in [0.3, 0.4) is 0 Å². The number of nitrogens with one attached hydrogen (secondary N) is 2. The molecule has 0 radical (unpaired) electrons. The Morgan fingerprint density at radius 2 is 1.55 bits per heavy atom. The van der Waals surface area contributed by atoms with Gasteiger partial charge in [-0.05, 0) is 67.1 Å². The summed E-state index contributed by atoms with van der Waals surface area (Å²) in [5.74, 6) is 0.561. The maximum Gasteiger partial charge on any atom is 0.253 e. The minimum atomic E-state index is -0.924. The molecule has 2 heterocycles. The average molecular weight is 570 g/mol. The molecule has 3 atom stereocenters. The average Bonchev–Trinajstić information content (AvgIpc) is 3.36. The van der Waals surface area contributed by atoms with E-state index in [-0.39, 0.29) is 36.3 Å². The second kappa shape index (κ2) is 11.7. The highest BCUT2D eigenvalue weighted by molar-refractivity contribution is 5.94. The van der Waals surface area contributed by atoms with Crippen LogP contribution in [0, 0.1) is 17.2 Å². The van der Waals surface area contributed by atoms with Crippen LogP contribution in [0.25, 0.3) is 0 Å². The van der Waals surface area contributed by atoms with Crippen molar-refractivity contribution < 1.29 is 14.4 Å². The van der Waals surface area contributed by atoms with Gasteiger partial charge in [-0.3, -0.25) is 14.4 Å². The number of aromatic nitrogens is 4. The van der Waals surface area contributed by atoms with Gasteiger partial charge >= 0.3 is 0 Å². The fourth-order valence-electron chi connectivity index (χ4n) is 5.97. The molecule has 1 saturated carbocycles. The third kappa shape index (κ3) is 5.35. The maximum absolute atomic E-state index is 13.1. The number of hydrogen-bond acceptors (Lipinski definition) is 8. The number of nitrogens with zero attached hydrogens (tertiary/aromatic N) is 7. The van der Waals surface area contributed by atoms with Gasteiger partial charge < -0.3 is 20.0 Å². The molecule has 1 aromatic heterocycles. The van der Waals surface area contributed by atoms with Gasteiger partial charge in [-0.1, -0.05) is 29.5 Å². The topological polar surface area (TPSA) is 151 Å². The molecule has 42 heavy (non-hydrogen) atoms. The molecule has 2 N–H and O–H groups in total. The first-order chi connectivity index (χ1) is 20.2. The Morgan fingerprint density at radius 1 is 0.976 bits per heavy atom. The van der Waals surface area contributed by atoms with Crippen LogP contribution < -0.4 is 5.32 Å². The fraction of sp³-hybridized carbons (Fsp3) is 0.433. The van der Waals surface area contributed by atoms with E-state index in [2.05, 4.69) is 32.0 Å². The molecule has 0 spiro atoms. The van der Waals surface area contributed by atoms with E-state index in [1.807, 2.05) is 24.3 Å². The fourth-order valence-corrected chi connectivity index (χ4v) is 5.97. The number of benzene rings is 2. The van der Waals surface area contributed by atoms with Gasteiger partial charge in [-0.2, -0.15) is 10.5 Å². The molecule has 2 aromatic carbocycles. The van der Waals surface area contributed by atoms with Crippen LogP contribution in [0.1, 0.15) is 56.9 Å². The van der Waals surface area contributed by atoms with Gasteiger partial charge in [0.1, 0.15) is 6.04 Å². The van der Waals surface area contributed by atoms with E-state index in [1.165, 1.54) is 9.80 Å². The molecule has 3 aromatic rings. The molecule has 1 aliphatic carbocycles. The van der Waals surface area contributed by atoms with Gasteiger partial charge in [0.25, 0.3) is 11.8 Å². The number of aromatic amines is 1. The third-order valence-electron chi connectivity index (χ3n) is 8.28. The summed E-state index contributed by atoms with van der Waals surface area (Å²) < 4.78 is 0. The molecule has 1 aliphatic heterocycles. The van der Waals surface area contributed by atoms with Crippen molar-refractivity contribution in [3.05, 3.63) is 76.6 Å². The number of hydrogen-bond donors (Lipinski definition) is 2. The van der Waals surface area contributed by atoms with E-state index in [0.717, 1.165) is 24.0 Å². The number of carbonyl (C=O) groups excluding carboxylic acids is 3. The number of likely N-dealkylation sites (tertiary alicyclic amines) is 1. The lowest BCUT2D eigenvalue weighted by Gasteiger charge is -2.33. The summed E-state index contributed by atoms with van der Waals surface area (Å²) in [6, 6.07) is 16.7. The molecule has 12 heteroatoms. The summed E-state index contributed by atoms with van der Waals surface area (Å²) in [7, 11) is 6.81. The summed E-state index contributed by atoms with van der Waals surface area (Å²) in [6.07, 6.45) is 2.17. The minimum Gasteiger partial charge on any atom is -0.345 e. The largest absolute Gasteiger partial charge is 0.345 e. The molecule has 1 unspecified atom stereocenters. The normalized spacial score (nSPS) is 19.1. The van der Waals surface area contributed by atoms with Crippen LogP contribution in [0.4, 0.5) is 0 Å². The van der Waals surface area contributed by atoms with Crippen LogP contribution in [0.15, 0.2) is 48.5 Å². The number of amides is 3. The minimum absolute atomic E-state index is 0.0742. The first-order valence-electron chi connectivity index (χ1n) is 14.0. The van der Waals surface area contributed by atoms with E-state index in [1.54, 1.807) is 57.4 Å². The number of H-pyrrole nitrogens is 1. The number of nitriles is 1. The Labute approximate surface area is 244 Å². The van der Waals surface area contributed by atoms with Crippen molar-refractivity contribution in [2.24, 2.45) is 5.92 Å². The van der Waals surface area contributed by atoms with Crippen molar-refractivity contribution in [2.45, 2.75) is 36.8 Å². The van der Waals surface area contributed by atoms with E-state index in [4.69, 9.17) is 0 Å². The van der Waals surface area contributed by atoms with Gasteiger partial charge in [0.05, 0.1) is 18.0 Å². The van der Waals surface area contributed by atoms with Crippen LogP contribution in [0.2, 0.25) is 0 Å². The zero-order valence-electron chi connectivity index (χ0n) is 24.2. The Bertz CT molecular complexity index is 1410. The quantitative estimate of drug-likeness (QED) is 0.348. The highest BCUT2D eigenvalue weighted by Gasteiger charge is 2.53. The van der Waals surface area contributed by atoms with Crippen LogP contribution >= 0.6 is 0 Å². The maximum atomic E-state index is 13.1. The summed E-state index contributed by atoms with van der Waals surface area (Å²) in [5.41, 5.74) is 1.80. The summed E-state index contributed by atoms with van der Waals surface area (Å²) in [5, 5.41) is 28.0. The van der Waals surface area contributed by atoms with Crippen LogP contribution in [-0.4, -0.2) is 106 Å². The molecule has 3 amide bonds. The highest BCUT2D eigenvalue weighted by atomic mass is 16.2. The first kappa shape index (κ1) is 28.9. The number of fused-ring (bicyclic) bond motifs is 1. The molecule has 218 valence electrons. The Morgan fingerprint density at radius 3 is 2.02 bits per heavy atom. The van der Waals surface area contributed by atoms with Crippen molar-refractivity contribution in [1.82, 2.24) is 40.6 Å². The van der Waals surface area contributed by atoms with E-state index >= 15 is 0 Å². The third-order valence-corrected chi connectivity index (χ3v) is 8.28. The van der Waals surface area contributed by atoms with Crippen molar-refractivity contribution in [3.63, 3.8) is 0 Å². The Hall–Kier alpha value is -4.63. The number of rotatable bonds is 10. The summed E-state index contributed by atoms with van der Waals surface area (Å²) >= 11 is 0. The smallest absolute Gasteiger partial charge is 0.253 e. The summed E-state index contributed by atoms with van der Waals surface area (Å²) in [4.78, 5) is 43.0. The van der Waals surface area contributed by atoms with Gasteiger partial charge in [-0.25, -0.2) is 0 Å². The molecular formula is C30H35N9O3. The zero-order valence-corrected chi connectivity index (χ0v) is 24.2. The monoisotopic (exact) mass is 569 g/mol. The molecule has 2 aliphatic rings. The predicted molar refractivity (Wildman–Crippen MR) is 153 cm³/mol. The van der Waals surface area contributed by atoms with Gasteiger partial charge in [0.15, 0.2) is 5.82 Å². The predicted octanol–water partition coefficient (Wildman–Crippen LogP) is 1.43. The molecule has 1 saturated heterocycles. The van der Waals surface area contributed by atoms with Crippen molar-refractivity contribution in [1.29, 1.82) is 5.26 Å². The molecular weight excluding hydrogens is 534 g/mol. The molecule has 0 bridgehead atoms. The lowest BCUT2D eigenvalue weighted by molar-refractivity contribution is -0.131. The SMILES string of the molecule is CN(C)C(=O)c1ccc(C(CCNCC(=O)N2C(C#N)C[C@@H]3C[C@@H]32)(c2ccc(C(=O)N(C)C)cc2)c2nn[nH]n2)cc1. The Balaban J connectivity index is 1.46. The molecule has 12 nitrogen and oxygen atoms in total. The standard InChI is InChI=1S/C30H35N9O3/c1-37(2)27(41)19-5-9-22(10-6-19)30(29-33-35-36-34-29,23-11-7-20(8-12-23)28(42)38(3)4)13-14-32-18-26(40)39-24(17-31)15-21-16-25(21)39/h5-12,21,24-25,32H,13-16,18H2,1-4H3,(H,33,34,35,36)/t21-,24?,25+/m1/s1. The van der Waals surface area contributed by atoms with Crippen LogP contribution in [0.5, 0.6) is 0 Å². The van der Waals surface area contributed by atoms with Crippen LogP contribution in [-0.2, 0) is 10.2 Å². The Kier molecular flexibility index (Phi) is 8.04. The highest BCUT2D eigenvalue weighted by Crippen LogP contribution is 2.47. The number of piperidine rings is 1. The van der Waals surface area contributed by atoms with Gasteiger partial charge in [0.2, 0.25) is 5.91 Å². The number of carbonyl (C=O) groups is 3. The molecule has 2 fully saturated rings. The van der Waals surface area contributed by atoms with E-state index in [9.17, 15) is 19.6 Å². The zero-order chi connectivity index (χ0) is 30.0. The second-order valence-corrected chi connectivity index (χ2v) is 11.4. The van der Waals surface area contributed by atoms with Crippen molar-refractivity contribution in [3.8, 4) is 6.07 Å². The number of tetrazole rings is 1. The van der Waals surface area contributed by atoms with E-state index in [0.29, 0.717) is 35.8 Å². The second-order valence-electron chi connectivity index (χ2n) is 11.4. The first-order valence-corrected chi connectivity index (χ1v) is 14.0.